The Labute approximate surface area is 454 Å². The Morgan fingerprint density at radius 2 is 0.987 bits per heavy atom. The minimum Gasteiger partial charge on any atom is -0.467 e. The van der Waals surface area contributed by atoms with Gasteiger partial charge < -0.3 is 44.7 Å². The Bertz CT molecular complexity index is 2940. The molecule has 16 nitrogen and oxygen atoms in total. The zero-order valence-corrected chi connectivity index (χ0v) is 44.9. The van der Waals surface area contributed by atoms with Crippen LogP contribution >= 0.6 is 0 Å². The number of hydrogen-bond acceptors (Lipinski definition) is 13. The van der Waals surface area contributed by atoms with E-state index in [1.54, 1.807) is 32.9 Å². The number of oxime groups is 2. The lowest BCUT2D eigenvalue weighted by atomic mass is 9.85. The molecule has 3 amide bonds. The van der Waals surface area contributed by atoms with Crippen molar-refractivity contribution in [1.29, 1.82) is 0 Å². The summed E-state index contributed by atoms with van der Waals surface area (Å²) in [6.45, 7) is 24.5. The van der Waals surface area contributed by atoms with Crippen LogP contribution in [0.4, 0.5) is 4.79 Å². The first-order valence-electron chi connectivity index (χ1n) is 25.1. The number of nitrogens with two attached hydrogens (primary N) is 1. The highest BCUT2D eigenvalue weighted by atomic mass is 16.6. The topological polar surface area (TPSA) is 201 Å². The van der Waals surface area contributed by atoms with Crippen molar-refractivity contribution in [2.24, 2.45) is 26.9 Å². The average Bonchev–Trinajstić information content (AvgIpc) is 4.15. The van der Waals surface area contributed by atoms with E-state index in [9.17, 15) is 24.0 Å². The van der Waals surface area contributed by atoms with Crippen LogP contribution in [0.5, 0.6) is 0 Å². The largest absolute Gasteiger partial charge is 0.467 e. The van der Waals surface area contributed by atoms with Gasteiger partial charge in [0.1, 0.15) is 47.4 Å². The molecule has 4 aromatic carbocycles. The van der Waals surface area contributed by atoms with Crippen molar-refractivity contribution in [2.75, 3.05) is 27.3 Å². The summed E-state index contributed by atoms with van der Waals surface area (Å²) in [5, 5.41) is 11.8. The van der Waals surface area contributed by atoms with Gasteiger partial charge in [-0.1, -0.05) is 165 Å². The zero-order valence-electron chi connectivity index (χ0n) is 44.9. The maximum absolute atomic E-state index is 13.9. The van der Waals surface area contributed by atoms with Crippen molar-refractivity contribution in [3.8, 4) is 22.3 Å². The lowest BCUT2D eigenvalue weighted by Gasteiger charge is -2.35. The minimum atomic E-state index is -0.958. The second-order valence-electron chi connectivity index (χ2n) is 22.3. The predicted octanol–water partition coefficient (Wildman–Crippen LogP) is 10.0. The van der Waals surface area contributed by atoms with Gasteiger partial charge in [0, 0.05) is 35.1 Å². The van der Waals surface area contributed by atoms with Crippen molar-refractivity contribution in [1.82, 2.24) is 15.1 Å². The van der Waals surface area contributed by atoms with Crippen LogP contribution in [0.25, 0.3) is 34.4 Å². The number of esters is 2. The first kappa shape index (κ1) is 60.3. The number of alkyl carbamates (subject to hydrolysis) is 1. The van der Waals surface area contributed by atoms with Gasteiger partial charge in [-0.3, -0.25) is 9.59 Å². The number of fused-ring (bicyclic) bond motifs is 6. The third kappa shape index (κ3) is 13.2. The van der Waals surface area contributed by atoms with Gasteiger partial charge in [0.05, 0.1) is 33.4 Å². The molecule has 2 aliphatic carbocycles. The number of nitrogens with zero attached hydrogens (tertiary/aromatic N) is 4. The molecule has 0 aromatic heterocycles. The molecule has 8 rings (SSSR count). The fourth-order valence-corrected chi connectivity index (χ4v) is 9.57. The molecule has 0 unspecified atom stereocenters. The first-order chi connectivity index (χ1) is 35.4. The summed E-state index contributed by atoms with van der Waals surface area (Å²) in [6, 6.07) is 24.8. The summed E-state index contributed by atoms with van der Waals surface area (Å²) in [7, 11) is 2.59. The van der Waals surface area contributed by atoms with E-state index in [0.717, 1.165) is 61.3 Å². The predicted molar refractivity (Wildman–Crippen MR) is 303 cm³/mol. The molecule has 6 atom stereocenters. The molecule has 2 saturated heterocycles. The number of methoxy groups -OCH3 is 2. The monoisotopic (exact) mass is 1050 g/mol. The Balaban J connectivity index is 0.000000281. The minimum absolute atomic E-state index is 0. The lowest BCUT2D eigenvalue weighted by Crippen LogP contribution is -2.57. The summed E-state index contributed by atoms with van der Waals surface area (Å²) in [5.74, 6) is -1.77. The molecule has 0 saturated carbocycles. The summed E-state index contributed by atoms with van der Waals surface area (Å²) in [6.07, 6.45) is 2.30. The number of likely N-dealkylation sites (tertiary alicyclic amines) is 2. The Morgan fingerprint density at radius 1 is 0.597 bits per heavy atom. The molecule has 412 valence electrons. The normalized spacial score (nSPS) is 19.8. The van der Waals surface area contributed by atoms with Gasteiger partial charge in [-0.25, -0.2) is 14.4 Å². The van der Waals surface area contributed by atoms with Gasteiger partial charge in [-0.2, -0.15) is 0 Å². The maximum Gasteiger partial charge on any atom is 0.408 e. The van der Waals surface area contributed by atoms with Crippen LogP contribution in [0.1, 0.15) is 123 Å². The summed E-state index contributed by atoms with van der Waals surface area (Å²) in [4.78, 5) is 79.7. The first-order valence-corrected chi connectivity index (χ1v) is 25.1. The molecule has 16 heteroatoms. The second kappa shape index (κ2) is 24.2. The SMILES string of the molecule is C.C.C=Cc1ccc2c(c1)C(=NO[C@@H]1C[C@@H](C(=O)OC)N(C(=O)[C@@H](N)C(C)(C)C)C1)c1ccccc1-2.C=Cc1ccc2c(c1)C(=NO[C@@H]1C[C@@H](C(=O)OC)N(C(=O)[C@@H](NC(=O)OC(C)(C)C)C(C)(C)C)C1)c1ccccc1-2. The molecule has 0 spiro atoms. The van der Waals surface area contributed by atoms with Crippen molar-refractivity contribution < 1.29 is 47.9 Å². The summed E-state index contributed by atoms with van der Waals surface area (Å²) >= 11 is 0. The molecule has 3 N–H and O–H groups in total. The molecule has 0 bridgehead atoms. The molecule has 2 aliphatic heterocycles. The number of carbonyl (C=O) groups is 5. The van der Waals surface area contributed by atoms with Crippen LogP contribution in [-0.2, 0) is 43.1 Å². The van der Waals surface area contributed by atoms with Crippen molar-refractivity contribution in [2.45, 2.75) is 132 Å². The molecule has 0 radical (unpaired) electrons. The highest BCUT2D eigenvalue weighted by molar-refractivity contribution is 6.25. The van der Waals surface area contributed by atoms with Crippen LogP contribution < -0.4 is 11.1 Å². The number of amides is 3. The number of carbonyl (C=O) groups excluding carboxylic acids is 5. The van der Waals surface area contributed by atoms with Gasteiger partial charge in [0.25, 0.3) is 0 Å². The van der Waals surface area contributed by atoms with Crippen LogP contribution in [-0.4, -0.2) is 120 Å². The van der Waals surface area contributed by atoms with Crippen molar-refractivity contribution >= 4 is 53.4 Å². The number of nitrogens with one attached hydrogen (secondary N) is 1. The second-order valence-corrected chi connectivity index (χ2v) is 22.3. The van der Waals surface area contributed by atoms with E-state index in [1.165, 1.54) is 24.0 Å². The van der Waals surface area contributed by atoms with Gasteiger partial charge in [-0.05, 0) is 77.1 Å². The fraction of sp³-hybridized carbons (Fsp3) is 0.426. The third-order valence-electron chi connectivity index (χ3n) is 13.6. The molecule has 2 fully saturated rings. The highest BCUT2D eigenvalue weighted by Crippen LogP contribution is 2.40. The summed E-state index contributed by atoms with van der Waals surface area (Å²) in [5.41, 5.74) is 15.8. The molecular formula is C61H78N6O10. The van der Waals surface area contributed by atoms with Gasteiger partial charge >= 0.3 is 18.0 Å². The number of rotatable bonds is 11. The quantitative estimate of drug-likeness (QED) is 0.0711. The average molecular weight is 1060 g/mol. The van der Waals surface area contributed by atoms with E-state index in [4.69, 9.17) is 29.6 Å². The van der Waals surface area contributed by atoms with E-state index in [1.807, 2.05) is 114 Å². The summed E-state index contributed by atoms with van der Waals surface area (Å²) < 4.78 is 15.4. The van der Waals surface area contributed by atoms with Crippen molar-refractivity contribution in [3.05, 3.63) is 131 Å². The van der Waals surface area contributed by atoms with E-state index in [0.29, 0.717) is 5.71 Å². The van der Waals surface area contributed by atoms with E-state index in [-0.39, 0.29) is 46.7 Å². The van der Waals surface area contributed by atoms with Gasteiger partial charge in [0.2, 0.25) is 11.8 Å². The molecular weight excluding hydrogens is 977 g/mol. The standard InChI is InChI=1S/C32H39N3O6.C27H31N3O4.2CH4/c1-9-19-14-15-22-21-12-10-11-13-23(21)26(24(22)16-19)34-41-20-17-25(29(37)39-8)35(18-20)28(36)27(31(2,3)4)33-30(38)40-32(5,6)7;1-6-16-11-12-19-18-9-7-8-10-20(18)23(21(19)13-16)29-34-17-14-22(26(32)33-5)30(15-17)25(31)24(28)27(2,3)4;;/h9-16,20,25,27H,1,17-18H2,2-8H3,(H,33,38);6-13,17,22,24H,1,14-15,28H2,2-5H3;2*1H4/t20-,25+,27-;17-,22+,24-;;/m11../s1. The highest BCUT2D eigenvalue weighted by Gasteiger charge is 2.48. The number of hydrogen-bond donors (Lipinski definition) is 2. The van der Waals surface area contributed by atoms with Crippen LogP contribution in [0.2, 0.25) is 0 Å². The molecule has 4 aromatic rings. The molecule has 4 aliphatic rings. The van der Waals surface area contributed by atoms with E-state index < -0.39 is 76.7 Å². The van der Waals surface area contributed by atoms with Crippen LogP contribution in [0.15, 0.2) is 108 Å². The Kier molecular flexibility index (Phi) is 18.9. The Hall–Kier alpha value is -7.59. The molecule has 2 heterocycles. The van der Waals surface area contributed by atoms with Crippen LogP contribution in [0, 0.1) is 10.8 Å². The molecule has 77 heavy (non-hydrogen) atoms. The van der Waals surface area contributed by atoms with Gasteiger partial charge in [-0.15, -0.1) is 0 Å². The Morgan fingerprint density at radius 3 is 1.35 bits per heavy atom. The van der Waals surface area contributed by atoms with E-state index in [2.05, 4.69) is 40.9 Å². The van der Waals surface area contributed by atoms with Crippen molar-refractivity contribution in [3.63, 3.8) is 0 Å². The number of ether oxygens (including phenoxy) is 3. The number of benzene rings is 4. The van der Waals surface area contributed by atoms with E-state index >= 15 is 0 Å². The third-order valence-corrected chi connectivity index (χ3v) is 13.6. The fourth-order valence-electron chi connectivity index (χ4n) is 9.57. The van der Waals surface area contributed by atoms with Gasteiger partial charge in [0.15, 0.2) is 0 Å². The van der Waals surface area contributed by atoms with Crippen LogP contribution in [0.3, 0.4) is 0 Å². The smallest absolute Gasteiger partial charge is 0.408 e. The maximum atomic E-state index is 13.9. The zero-order chi connectivity index (χ0) is 54.7. The lowest BCUT2D eigenvalue weighted by molar-refractivity contribution is -0.152.